The van der Waals surface area contributed by atoms with Crippen molar-refractivity contribution in [1.29, 1.82) is 0 Å². The number of hydrogen-bond acceptors (Lipinski definition) is 4. The molecule has 1 aliphatic carbocycles. The number of rotatable bonds is 5. The van der Waals surface area contributed by atoms with Crippen LogP contribution in [0.1, 0.15) is 39.2 Å². The van der Waals surface area contributed by atoms with Gasteiger partial charge < -0.3 is 14.6 Å². The van der Waals surface area contributed by atoms with E-state index >= 15 is 0 Å². The lowest BCUT2D eigenvalue weighted by Gasteiger charge is -2.33. The molecule has 0 radical (unpaired) electrons. The number of carbonyl (C=O) groups excluding carboxylic acids is 1. The summed E-state index contributed by atoms with van der Waals surface area (Å²) in [6.45, 7) is 5.71. The molecule has 1 aromatic rings. The molecule has 0 unspecified atom stereocenters. The van der Waals surface area contributed by atoms with E-state index in [2.05, 4.69) is 0 Å². The molecule has 0 saturated heterocycles. The van der Waals surface area contributed by atoms with Gasteiger partial charge in [0.15, 0.2) is 0 Å². The Morgan fingerprint density at radius 1 is 1.20 bits per heavy atom. The van der Waals surface area contributed by atoms with Gasteiger partial charge >= 0.3 is 12.1 Å². The maximum atomic E-state index is 12.1. The minimum absolute atomic E-state index is 0.0196. The second-order valence-electron chi connectivity index (χ2n) is 7.12. The molecule has 0 bridgehead atoms. The predicted molar refractivity (Wildman–Crippen MR) is 92.9 cm³/mol. The summed E-state index contributed by atoms with van der Waals surface area (Å²) < 4.78 is 11.0. The zero-order valence-electron chi connectivity index (χ0n) is 15.1. The Bertz CT molecular complexity index is 652. The van der Waals surface area contributed by atoms with Crippen LogP contribution >= 0.6 is 0 Å². The van der Waals surface area contributed by atoms with E-state index in [0.29, 0.717) is 25.0 Å². The van der Waals surface area contributed by atoms with Crippen molar-refractivity contribution < 1.29 is 24.2 Å². The van der Waals surface area contributed by atoms with E-state index in [1.54, 1.807) is 20.8 Å². The van der Waals surface area contributed by atoms with Gasteiger partial charge in [-0.05, 0) is 44.7 Å². The number of aliphatic carboxylic acids is 1. The van der Waals surface area contributed by atoms with Crippen molar-refractivity contribution in [2.45, 2.75) is 51.9 Å². The molecule has 2 rings (SSSR count). The summed E-state index contributed by atoms with van der Waals surface area (Å²) >= 11 is 0. The first kappa shape index (κ1) is 19.0. The molecule has 6 nitrogen and oxygen atoms in total. The summed E-state index contributed by atoms with van der Waals surface area (Å²) in [7, 11) is 1.42. The number of hydrogen-bond donors (Lipinski definition) is 1. The summed E-state index contributed by atoms with van der Waals surface area (Å²) in [5.74, 6) is -1.13. The molecule has 1 amide bonds. The van der Waals surface area contributed by atoms with Gasteiger partial charge in [-0.15, -0.1) is 0 Å². The Labute approximate surface area is 148 Å². The van der Waals surface area contributed by atoms with Crippen LogP contribution in [-0.2, 0) is 20.9 Å². The first-order chi connectivity index (χ1) is 11.7. The van der Waals surface area contributed by atoms with Crippen LogP contribution < -0.4 is 0 Å². The fourth-order valence-corrected chi connectivity index (χ4v) is 2.54. The molecule has 0 heterocycles. The smallest absolute Gasteiger partial charge is 0.414 e. The average Bonchev–Trinajstić information content (AvgIpc) is 2.47. The van der Waals surface area contributed by atoms with Crippen molar-refractivity contribution >= 4 is 12.1 Å². The quantitative estimate of drug-likeness (QED) is 0.824. The van der Waals surface area contributed by atoms with E-state index in [1.165, 1.54) is 7.05 Å². The van der Waals surface area contributed by atoms with E-state index in [-0.39, 0.29) is 11.8 Å². The number of ether oxygens (including phenoxy) is 2. The highest BCUT2D eigenvalue weighted by molar-refractivity contribution is 5.91. The molecular formula is C19H25NO5. The van der Waals surface area contributed by atoms with E-state index in [9.17, 15) is 14.7 Å². The number of carboxylic acids is 1. The fraction of sp³-hybridized carbons (Fsp3) is 0.474. The summed E-state index contributed by atoms with van der Waals surface area (Å²) in [6, 6.07) is 9.80. The molecule has 1 N–H and O–H groups in total. The maximum absolute atomic E-state index is 12.1. The van der Waals surface area contributed by atoms with Gasteiger partial charge in [0.25, 0.3) is 0 Å². The fourth-order valence-electron chi connectivity index (χ4n) is 2.54. The van der Waals surface area contributed by atoms with Gasteiger partial charge in [-0.3, -0.25) is 4.90 Å². The van der Waals surface area contributed by atoms with Gasteiger partial charge in [0.1, 0.15) is 11.3 Å². The van der Waals surface area contributed by atoms with Crippen LogP contribution in [0, 0.1) is 0 Å². The summed E-state index contributed by atoms with van der Waals surface area (Å²) in [5, 5.41) is 9.47. The van der Waals surface area contributed by atoms with Crippen LogP contribution in [0.4, 0.5) is 4.79 Å². The molecule has 136 valence electrons. The number of carboxylic acid groups (broad SMARTS) is 1. The SMILES string of the molecule is CN(C(=O)OC(C)(C)C)C(C(=O)O)=C1CC(OCc2ccccc2)C1. The van der Waals surface area contributed by atoms with Crippen LogP contribution in [0.25, 0.3) is 0 Å². The van der Waals surface area contributed by atoms with Crippen LogP contribution in [0.5, 0.6) is 0 Å². The molecule has 0 atom stereocenters. The first-order valence-corrected chi connectivity index (χ1v) is 8.25. The van der Waals surface area contributed by atoms with Crippen molar-refractivity contribution in [2.24, 2.45) is 0 Å². The minimum atomic E-state index is -1.13. The molecular weight excluding hydrogens is 322 g/mol. The van der Waals surface area contributed by atoms with Gasteiger partial charge in [0, 0.05) is 7.05 Å². The Morgan fingerprint density at radius 3 is 2.32 bits per heavy atom. The lowest BCUT2D eigenvalue weighted by molar-refractivity contribution is -0.134. The number of amides is 1. The zero-order valence-corrected chi connectivity index (χ0v) is 15.1. The summed E-state index contributed by atoms with van der Waals surface area (Å²) in [5.41, 5.74) is 1.07. The van der Waals surface area contributed by atoms with Crippen molar-refractivity contribution in [3.05, 3.63) is 47.2 Å². The molecule has 1 saturated carbocycles. The van der Waals surface area contributed by atoms with Gasteiger partial charge in [0.05, 0.1) is 12.7 Å². The normalized spacial score (nSPS) is 16.8. The third-order valence-corrected chi connectivity index (χ3v) is 3.82. The number of carbonyl (C=O) groups is 2. The minimum Gasteiger partial charge on any atom is -0.477 e. The van der Waals surface area contributed by atoms with Gasteiger partial charge in [-0.2, -0.15) is 0 Å². The second-order valence-corrected chi connectivity index (χ2v) is 7.12. The average molecular weight is 347 g/mol. The monoisotopic (exact) mass is 347 g/mol. The topological polar surface area (TPSA) is 76.1 Å². The van der Waals surface area contributed by atoms with E-state index in [4.69, 9.17) is 9.47 Å². The number of likely N-dealkylation sites (N-methyl/N-ethyl adjacent to an activating group) is 1. The summed E-state index contributed by atoms with van der Waals surface area (Å²) in [6.07, 6.45) is 0.297. The first-order valence-electron chi connectivity index (χ1n) is 8.25. The molecule has 1 aliphatic rings. The number of nitrogens with zero attached hydrogens (tertiary/aromatic N) is 1. The van der Waals surface area contributed by atoms with Crippen LogP contribution in [0.3, 0.4) is 0 Å². The summed E-state index contributed by atoms with van der Waals surface area (Å²) in [4.78, 5) is 24.8. The molecule has 6 heteroatoms. The molecule has 1 fully saturated rings. The van der Waals surface area contributed by atoms with E-state index in [0.717, 1.165) is 10.5 Å². The van der Waals surface area contributed by atoms with Gasteiger partial charge in [-0.25, -0.2) is 9.59 Å². The number of benzene rings is 1. The maximum Gasteiger partial charge on any atom is 0.414 e. The van der Waals surface area contributed by atoms with Crippen molar-refractivity contribution in [3.63, 3.8) is 0 Å². The van der Waals surface area contributed by atoms with Crippen LogP contribution in [0.15, 0.2) is 41.6 Å². The highest BCUT2D eigenvalue weighted by atomic mass is 16.6. The predicted octanol–water partition coefficient (Wildman–Crippen LogP) is 3.57. The van der Waals surface area contributed by atoms with Crippen molar-refractivity contribution in [1.82, 2.24) is 4.90 Å². The molecule has 0 aromatic heterocycles. The third kappa shape index (κ3) is 5.32. The third-order valence-electron chi connectivity index (χ3n) is 3.82. The van der Waals surface area contributed by atoms with Crippen molar-refractivity contribution in [2.75, 3.05) is 7.05 Å². The molecule has 25 heavy (non-hydrogen) atoms. The highest BCUT2D eigenvalue weighted by Gasteiger charge is 2.34. The Balaban J connectivity index is 1.96. The lowest BCUT2D eigenvalue weighted by Crippen LogP contribution is -2.38. The Morgan fingerprint density at radius 2 is 1.80 bits per heavy atom. The highest BCUT2D eigenvalue weighted by Crippen LogP contribution is 2.34. The lowest BCUT2D eigenvalue weighted by atomic mass is 9.86. The van der Waals surface area contributed by atoms with Crippen molar-refractivity contribution in [3.8, 4) is 0 Å². The van der Waals surface area contributed by atoms with Crippen LogP contribution in [-0.4, -0.2) is 40.8 Å². The largest absolute Gasteiger partial charge is 0.477 e. The van der Waals surface area contributed by atoms with Gasteiger partial charge in [-0.1, -0.05) is 30.3 Å². The van der Waals surface area contributed by atoms with Crippen LogP contribution in [0.2, 0.25) is 0 Å². The van der Waals surface area contributed by atoms with Gasteiger partial charge in [0.2, 0.25) is 0 Å². The molecule has 0 spiro atoms. The Hall–Kier alpha value is -2.34. The molecule has 0 aliphatic heterocycles. The van der Waals surface area contributed by atoms with E-state index in [1.807, 2.05) is 30.3 Å². The standard InChI is InChI=1S/C19H25NO5/c1-19(2,3)25-18(23)20(4)16(17(21)22)14-10-15(11-14)24-12-13-8-6-5-7-9-13/h5-9,15H,10-12H2,1-4H3,(H,21,22). The zero-order chi connectivity index (χ0) is 18.6. The molecule has 1 aromatic carbocycles. The second kappa shape index (κ2) is 7.70. The van der Waals surface area contributed by atoms with E-state index < -0.39 is 17.7 Å². The Kier molecular flexibility index (Phi) is 5.85.